The first-order valence-corrected chi connectivity index (χ1v) is 10.5. The van der Waals surface area contributed by atoms with E-state index in [1.807, 2.05) is 17.2 Å². The summed E-state index contributed by atoms with van der Waals surface area (Å²) in [7, 11) is 0. The number of nitrogens with zero attached hydrogens (tertiary/aromatic N) is 5. The molecule has 1 atom stereocenters. The SMILES string of the molecule is CSCCC(N)C(=O)N1CCN(c2cc(N3CCOCC3)ncn2)CC1.Cl. The monoisotopic (exact) mass is 416 g/mol. The van der Waals surface area contributed by atoms with Gasteiger partial charge in [-0.1, -0.05) is 0 Å². The Kier molecular flexibility index (Phi) is 8.88. The van der Waals surface area contributed by atoms with E-state index in [2.05, 4.69) is 19.8 Å². The van der Waals surface area contributed by atoms with Gasteiger partial charge in [0.1, 0.15) is 18.0 Å². The van der Waals surface area contributed by atoms with Gasteiger partial charge in [-0.15, -0.1) is 12.4 Å². The summed E-state index contributed by atoms with van der Waals surface area (Å²) in [5, 5.41) is 0. The summed E-state index contributed by atoms with van der Waals surface area (Å²) >= 11 is 1.72. The van der Waals surface area contributed by atoms with Crippen LogP contribution >= 0.6 is 24.2 Å². The molecule has 1 aromatic rings. The maximum atomic E-state index is 12.4. The van der Waals surface area contributed by atoms with Crippen molar-refractivity contribution in [3.63, 3.8) is 0 Å². The number of halogens is 1. The quantitative estimate of drug-likeness (QED) is 0.715. The minimum absolute atomic E-state index is 0. The van der Waals surface area contributed by atoms with Gasteiger partial charge in [-0.05, 0) is 18.4 Å². The number of thioether (sulfide) groups is 1. The van der Waals surface area contributed by atoms with Crippen LogP contribution in [-0.4, -0.2) is 91.3 Å². The zero-order valence-corrected chi connectivity index (χ0v) is 17.4. The van der Waals surface area contributed by atoms with Crippen molar-refractivity contribution in [1.29, 1.82) is 0 Å². The first kappa shape index (κ1) is 22.0. The van der Waals surface area contributed by atoms with Gasteiger partial charge in [0, 0.05) is 45.3 Å². The number of anilines is 2. The molecule has 0 saturated carbocycles. The van der Waals surface area contributed by atoms with Crippen LogP contribution in [0.2, 0.25) is 0 Å². The smallest absolute Gasteiger partial charge is 0.239 e. The Balaban J connectivity index is 0.00000261. The fourth-order valence-corrected chi connectivity index (χ4v) is 3.72. The average Bonchev–Trinajstić information content (AvgIpc) is 2.72. The standard InChI is InChI=1S/C17H28N6O2S.ClH/c1-26-11-2-14(18)17(24)23-5-3-21(4-6-23)15-12-16(20-13-19-15)22-7-9-25-10-8-22;/h12-14H,2-11,18H2,1H3;1H. The van der Waals surface area contributed by atoms with Crippen LogP contribution in [0.5, 0.6) is 0 Å². The number of ether oxygens (including phenoxy) is 1. The van der Waals surface area contributed by atoms with Gasteiger partial charge >= 0.3 is 0 Å². The Bertz CT molecular complexity index is 597. The van der Waals surface area contributed by atoms with Gasteiger partial charge in [-0.2, -0.15) is 11.8 Å². The highest BCUT2D eigenvalue weighted by Crippen LogP contribution is 2.20. The molecule has 2 N–H and O–H groups in total. The number of hydrogen-bond acceptors (Lipinski definition) is 8. The maximum absolute atomic E-state index is 12.4. The van der Waals surface area contributed by atoms with Crippen molar-refractivity contribution < 1.29 is 9.53 Å². The van der Waals surface area contributed by atoms with E-state index in [4.69, 9.17) is 10.5 Å². The van der Waals surface area contributed by atoms with Crippen molar-refractivity contribution in [2.24, 2.45) is 5.73 Å². The Hall–Kier alpha value is -1.29. The lowest BCUT2D eigenvalue weighted by molar-refractivity contribution is -0.132. The van der Waals surface area contributed by atoms with Crippen LogP contribution in [0.4, 0.5) is 11.6 Å². The Morgan fingerprint density at radius 1 is 1.15 bits per heavy atom. The third-order valence-corrected chi connectivity index (χ3v) is 5.48. The van der Waals surface area contributed by atoms with Crippen LogP contribution in [0.15, 0.2) is 12.4 Å². The summed E-state index contributed by atoms with van der Waals surface area (Å²) in [6, 6.07) is 1.65. The van der Waals surface area contributed by atoms with E-state index in [0.717, 1.165) is 63.2 Å². The predicted molar refractivity (Wildman–Crippen MR) is 112 cm³/mol. The maximum Gasteiger partial charge on any atom is 0.239 e. The summed E-state index contributed by atoms with van der Waals surface area (Å²) < 4.78 is 5.40. The second-order valence-corrected chi connectivity index (χ2v) is 7.52. The molecular formula is C17H29ClN6O2S. The van der Waals surface area contributed by atoms with Crippen molar-refractivity contribution >= 4 is 41.7 Å². The number of piperazine rings is 1. The minimum Gasteiger partial charge on any atom is -0.378 e. The molecule has 0 aliphatic carbocycles. The topological polar surface area (TPSA) is 87.8 Å². The fourth-order valence-electron chi connectivity index (χ4n) is 3.23. The molecule has 0 radical (unpaired) electrons. The number of nitrogens with two attached hydrogens (primary N) is 1. The summed E-state index contributed by atoms with van der Waals surface area (Å²) in [5.41, 5.74) is 6.03. The van der Waals surface area contributed by atoms with Crippen LogP contribution in [0.3, 0.4) is 0 Å². The first-order chi connectivity index (χ1) is 12.7. The largest absolute Gasteiger partial charge is 0.378 e. The van der Waals surface area contributed by atoms with E-state index < -0.39 is 0 Å². The van der Waals surface area contributed by atoms with Gasteiger partial charge in [-0.3, -0.25) is 4.79 Å². The molecule has 10 heteroatoms. The Morgan fingerprint density at radius 2 is 1.74 bits per heavy atom. The summed E-state index contributed by atoms with van der Waals surface area (Å²) in [6.07, 6.45) is 4.38. The summed E-state index contributed by atoms with van der Waals surface area (Å²) in [6.45, 7) is 6.07. The highest BCUT2D eigenvalue weighted by molar-refractivity contribution is 7.98. The highest BCUT2D eigenvalue weighted by Gasteiger charge is 2.26. The van der Waals surface area contributed by atoms with Gasteiger partial charge < -0.3 is 25.2 Å². The Morgan fingerprint density at radius 3 is 2.33 bits per heavy atom. The first-order valence-electron chi connectivity index (χ1n) is 9.12. The van der Waals surface area contributed by atoms with E-state index in [0.29, 0.717) is 13.1 Å². The van der Waals surface area contributed by atoms with Crippen molar-refractivity contribution in [2.75, 3.05) is 74.3 Å². The van der Waals surface area contributed by atoms with E-state index in [9.17, 15) is 4.79 Å². The van der Waals surface area contributed by atoms with Crippen molar-refractivity contribution in [3.05, 3.63) is 12.4 Å². The molecule has 0 bridgehead atoms. The molecule has 2 aliphatic heterocycles. The number of hydrogen-bond donors (Lipinski definition) is 1. The van der Waals surface area contributed by atoms with Crippen LogP contribution in [0, 0.1) is 0 Å². The third-order valence-electron chi connectivity index (χ3n) is 4.84. The fraction of sp³-hybridized carbons (Fsp3) is 0.706. The van der Waals surface area contributed by atoms with Crippen LogP contribution in [0.25, 0.3) is 0 Å². The van der Waals surface area contributed by atoms with E-state index >= 15 is 0 Å². The summed E-state index contributed by atoms with van der Waals surface area (Å²) in [5.74, 6) is 2.84. The molecule has 2 aliphatic rings. The van der Waals surface area contributed by atoms with Gasteiger partial charge in [0.05, 0.1) is 19.3 Å². The molecule has 0 spiro atoms. The zero-order chi connectivity index (χ0) is 18.4. The number of rotatable bonds is 6. The molecule has 3 heterocycles. The second-order valence-electron chi connectivity index (χ2n) is 6.53. The molecule has 2 fully saturated rings. The van der Waals surface area contributed by atoms with E-state index in [-0.39, 0.29) is 24.4 Å². The lowest BCUT2D eigenvalue weighted by Gasteiger charge is -2.37. The van der Waals surface area contributed by atoms with Crippen molar-refractivity contribution in [3.8, 4) is 0 Å². The molecule has 0 aromatic carbocycles. The van der Waals surface area contributed by atoms with Crippen molar-refractivity contribution in [1.82, 2.24) is 14.9 Å². The minimum atomic E-state index is -0.388. The molecule has 2 saturated heterocycles. The van der Waals surface area contributed by atoms with Crippen LogP contribution < -0.4 is 15.5 Å². The Labute approximate surface area is 171 Å². The third kappa shape index (κ3) is 5.84. The lowest BCUT2D eigenvalue weighted by atomic mass is 10.2. The zero-order valence-electron chi connectivity index (χ0n) is 15.7. The highest BCUT2D eigenvalue weighted by atomic mass is 35.5. The predicted octanol–water partition coefficient (Wildman–Crippen LogP) is 0.464. The lowest BCUT2D eigenvalue weighted by Crippen LogP contribution is -2.53. The number of carbonyl (C=O) groups excluding carboxylic acids is 1. The molecule has 27 heavy (non-hydrogen) atoms. The molecule has 1 amide bonds. The average molecular weight is 417 g/mol. The van der Waals surface area contributed by atoms with E-state index in [1.54, 1.807) is 18.1 Å². The van der Waals surface area contributed by atoms with Gasteiger partial charge in [0.25, 0.3) is 0 Å². The molecule has 1 aromatic heterocycles. The molecule has 152 valence electrons. The number of carbonyl (C=O) groups is 1. The van der Waals surface area contributed by atoms with Gasteiger partial charge in [0.2, 0.25) is 5.91 Å². The molecule has 1 unspecified atom stereocenters. The van der Waals surface area contributed by atoms with Crippen LogP contribution in [-0.2, 0) is 9.53 Å². The number of morpholine rings is 1. The number of amides is 1. The van der Waals surface area contributed by atoms with Crippen molar-refractivity contribution in [2.45, 2.75) is 12.5 Å². The van der Waals surface area contributed by atoms with Gasteiger partial charge in [-0.25, -0.2) is 9.97 Å². The number of aromatic nitrogens is 2. The van der Waals surface area contributed by atoms with Gasteiger partial charge in [0.15, 0.2) is 0 Å². The summed E-state index contributed by atoms with van der Waals surface area (Å²) in [4.78, 5) is 27.6. The van der Waals surface area contributed by atoms with E-state index in [1.165, 1.54) is 0 Å². The molecule has 8 nitrogen and oxygen atoms in total. The molecule has 3 rings (SSSR count). The normalized spacial score (nSPS) is 18.8. The van der Waals surface area contributed by atoms with Crippen LogP contribution in [0.1, 0.15) is 6.42 Å². The molecular weight excluding hydrogens is 388 g/mol. The second kappa shape index (κ2) is 10.9.